The summed E-state index contributed by atoms with van der Waals surface area (Å²) in [7, 11) is 0. The average molecular weight is 210 g/mol. The molecular formula is C11H18N2S. The fourth-order valence-corrected chi connectivity index (χ4v) is 1.91. The van der Waals surface area contributed by atoms with Gasteiger partial charge in [-0.3, -0.25) is 0 Å². The summed E-state index contributed by atoms with van der Waals surface area (Å²) in [6.45, 7) is 11.1. The van der Waals surface area contributed by atoms with Crippen LogP contribution in [0.5, 0.6) is 0 Å². The molecular weight excluding hydrogens is 192 g/mol. The van der Waals surface area contributed by atoms with Crippen LogP contribution in [0.3, 0.4) is 0 Å². The van der Waals surface area contributed by atoms with Gasteiger partial charge in [-0.15, -0.1) is 11.3 Å². The average Bonchev–Trinajstić information content (AvgIpc) is 2.60. The number of aryl methyl sites for hydroxylation is 1. The van der Waals surface area contributed by atoms with Crippen LogP contribution in [0.15, 0.2) is 17.5 Å². The second-order valence-electron chi connectivity index (χ2n) is 3.53. The van der Waals surface area contributed by atoms with Crippen LogP contribution in [0.2, 0.25) is 0 Å². The van der Waals surface area contributed by atoms with Crippen molar-refractivity contribution in [3.63, 3.8) is 0 Å². The monoisotopic (exact) mass is 210 g/mol. The molecule has 0 amide bonds. The first-order chi connectivity index (χ1) is 6.63. The van der Waals surface area contributed by atoms with Gasteiger partial charge in [0.2, 0.25) is 0 Å². The lowest BCUT2D eigenvalue weighted by atomic mass is 10.2. The molecule has 1 N–H and O–H groups in total. The lowest BCUT2D eigenvalue weighted by Gasteiger charge is -2.11. The van der Waals surface area contributed by atoms with Gasteiger partial charge in [-0.25, -0.2) is 4.98 Å². The van der Waals surface area contributed by atoms with E-state index >= 15 is 0 Å². The zero-order chi connectivity index (χ0) is 10.6. The molecule has 1 heterocycles. The molecule has 0 radical (unpaired) electrons. The first-order valence-corrected chi connectivity index (χ1v) is 5.83. The predicted molar refractivity (Wildman–Crippen MR) is 62.7 cm³/mol. The highest BCUT2D eigenvalue weighted by Gasteiger charge is 2.08. The fourth-order valence-electron chi connectivity index (χ4n) is 1.08. The third kappa shape index (κ3) is 3.24. The fraction of sp³-hybridized carbons (Fsp3) is 0.545. The third-order valence-electron chi connectivity index (χ3n) is 2.17. The molecule has 0 aromatic carbocycles. The van der Waals surface area contributed by atoms with Crippen LogP contribution in [0.4, 0.5) is 0 Å². The van der Waals surface area contributed by atoms with Crippen LogP contribution in [0.1, 0.15) is 37.0 Å². The number of nitrogens with zero attached hydrogens (tertiary/aromatic N) is 1. The maximum absolute atomic E-state index is 4.44. The van der Waals surface area contributed by atoms with Crippen molar-refractivity contribution < 1.29 is 0 Å². The standard InChI is InChI=1S/C11H18N2S/c1-5-8(2)6-12-10(4)11-13-9(3)7-14-11/h7,10,12H,2,5-6H2,1,3-4H3. The molecule has 3 heteroatoms. The molecule has 14 heavy (non-hydrogen) atoms. The highest BCUT2D eigenvalue weighted by molar-refractivity contribution is 7.09. The summed E-state index contributed by atoms with van der Waals surface area (Å²) in [5, 5.41) is 6.66. The van der Waals surface area contributed by atoms with E-state index in [1.807, 2.05) is 6.92 Å². The first kappa shape index (κ1) is 11.4. The third-order valence-corrected chi connectivity index (χ3v) is 3.31. The van der Waals surface area contributed by atoms with E-state index in [9.17, 15) is 0 Å². The van der Waals surface area contributed by atoms with Gasteiger partial charge in [-0.1, -0.05) is 19.1 Å². The van der Waals surface area contributed by atoms with Crippen molar-refractivity contribution in [3.8, 4) is 0 Å². The van der Waals surface area contributed by atoms with E-state index in [1.165, 1.54) is 5.57 Å². The molecule has 0 aliphatic rings. The molecule has 0 saturated carbocycles. The molecule has 0 saturated heterocycles. The molecule has 0 fully saturated rings. The Morgan fingerprint density at radius 1 is 1.71 bits per heavy atom. The van der Waals surface area contributed by atoms with Crippen molar-refractivity contribution in [2.75, 3.05) is 6.54 Å². The van der Waals surface area contributed by atoms with Gasteiger partial charge in [0.25, 0.3) is 0 Å². The zero-order valence-corrected chi connectivity index (χ0v) is 9.95. The van der Waals surface area contributed by atoms with Crippen LogP contribution in [0, 0.1) is 6.92 Å². The quantitative estimate of drug-likeness (QED) is 0.755. The SMILES string of the molecule is C=C(CC)CNC(C)c1nc(C)cs1. The van der Waals surface area contributed by atoms with E-state index in [4.69, 9.17) is 0 Å². The lowest BCUT2D eigenvalue weighted by molar-refractivity contribution is 0.597. The van der Waals surface area contributed by atoms with Crippen molar-refractivity contribution >= 4 is 11.3 Å². The Bertz CT molecular complexity index is 304. The summed E-state index contributed by atoms with van der Waals surface area (Å²) in [5.41, 5.74) is 2.35. The maximum Gasteiger partial charge on any atom is 0.110 e. The Morgan fingerprint density at radius 3 is 2.93 bits per heavy atom. The van der Waals surface area contributed by atoms with E-state index in [-0.39, 0.29) is 0 Å². The minimum absolute atomic E-state index is 0.331. The normalized spacial score (nSPS) is 12.8. The van der Waals surface area contributed by atoms with Crippen molar-refractivity contribution in [2.24, 2.45) is 0 Å². The van der Waals surface area contributed by atoms with Gasteiger partial charge < -0.3 is 5.32 Å². The van der Waals surface area contributed by atoms with Crippen molar-refractivity contribution in [1.29, 1.82) is 0 Å². The first-order valence-electron chi connectivity index (χ1n) is 4.95. The van der Waals surface area contributed by atoms with E-state index < -0.39 is 0 Å². The molecule has 0 spiro atoms. The molecule has 1 rings (SSSR count). The molecule has 1 aromatic heterocycles. The number of aromatic nitrogens is 1. The van der Waals surface area contributed by atoms with Gasteiger partial charge in [0, 0.05) is 17.6 Å². The summed E-state index contributed by atoms with van der Waals surface area (Å²) in [4.78, 5) is 4.44. The summed E-state index contributed by atoms with van der Waals surface area (Å²) in [6, 6.07) is 0.331. The van der Waals surface area contributed by atoms with Crippen LogP contribution >= 0.6 is 11.3 Å². The molecule has 0 bridgehead atoms. The van der Waals surface area contributed by atoms with Crippen LogP contribution < -0.4 is 5.32 Å². The Morgan fingerprint density at radius 2 is 2.43 bits per heavy atom. The summed E-state index contributed by atoms with van der Waals surface area (Å²) < 4.78 is 0. The second kappa shape index (κ2) is 5.27. The molecule has 1 aromatic rings. The Balaban J connectivity index is 2.42. The largest absolute Gasteiger partial charge is 0.304 e. The minimum atomic E-state index is 0.331. The topological polar surface area (TPSA) is 24.9 Å². The minimum Gasteiger partial charge on any atom is -0.304 e. The van der Waals surface area contributed by atoms with E-state index in [2.05, 4.69) is 36.1 Å². The zero-order valence-electron chi connectivity index (χ0n) is 9.13. The lowest BCUT2D eigenvalue weighted by Crippen LogP contribution is -2.20. The Kier molecular flexibility index (Phi) is 4.29. The maximum atomic E-state index is 4.44. The molecule has 1 atom stereocenters. The van der Waals surface area contributed by atoms with Gasteiger partial charge in [-0.2, -0.15) is 0 Å². The number of thiazole rings is 1. The van der Waals surface area contributed by atoms with Crippen molar-refractivity contribution in [3.05, 3.63) is 28.2 Å². The highest BCUT2D eigenvalue weighted by Crippen LogP contribution is 2.17. The van der Waals surface area contributed by atoms with E-state index in [0.29, 0.717) is 6.04 Å². The van der Waals surface area contributed by atoms with Gasteiger partial charge in [-0.05, 0) is 20.3 Å². The highest BCUT2D eigenvalue weighted by atomic mass is 32.1. The molecule has 2 nitrogen and oxygen atoms in total. The smallest absolute Gasteiger partial charge is 0.110 e. The predicted octanol–water partition coefficient (Wildman–Crippen LogP) is 3.07. The van der Waals surface area contributed by atoms with Crippen molar-refractivity contribution in [1.82, 2.24) is 10.3 Å². The second-order valence-corrected chi connectivity index (χ2v) is 4.42. The number of hydrogen-bond acceptors (Lipinski definition) is 3. The van der Waals surface area contributed by atoms with Gasteiger partial charge >= 0.3 is 0 Å². The van der Waals surface area contributed by atoms with Gasteiger partial charge in [0.15, 0.2) is 0 Å². The van der Waals surface area contributed by atoms with Gasteiger partial charge in [0.1, 0.15) is 5.01 Å². The summed E-state index contributed by atoms with van der Waals surface area (Å²) in [5.74, 6) is 0. The molecule has 0 aliphatic carbocycles. The van der Waals surface area contributed by atoms with E-state index in [0.717, 1.165) is 23.7 Å². The Labute approximate surface area is 90.1 Å². The number of hydrogen-bond donors (Lipinski definition) is 1. The van der Waals surface area contributed by atoms with E-state index in [1.54, 1.807) is 11.3 Å². The van der Waals surface area contributed by atoms with Crippen LogP contribution in [0.25, 0.3) is 0 Å². The Hall–Kier alpha value is -0.670. The van der Waals surface area contributed by atoms with Crippen LogP contribution in [-0.4, -0.2) is 11.5 Å². The summed E-state index contributed by atoms with van der Waals surface area (Å²) in [6.07, 6.45) is 1.04. The number of nitrogens with one attached hydrogen (secondary N) is 1. The summed E-state index contributed by atoms with van der Waals surface area (Å²) >= 11 is 1.71. The van der Waals surface area contributed by atoms with Crippen LogP contribution in [-0.2, 0) is 0 Å². The molecule has 0 aliphatic heterocycles. The molecule has 1 unspecified atom stereocenters. The van der Waals surface area contributed by atoms with Gasteiger partial charge in [0.05, 0.1) is 6.04 Å². The molecule has 78 valence electrons. The number of rotatable bonds is 5. The van der Waals surface area contributed by atoms with Crippen molar-refractivity contribution in [2.45, 2.75) is 33.2 Å².